The second-order valence-corrected chi connectivity index (χ2v) is 7.93. The Labute approximate surface area is 173 Å². The molecular weight excluding hydrogens is 362 g/mol. The molecule has 3 nitrogen and oxygen atoms in total. The van der Waals surface area contributed by atoms with Crippen LogP contribution in [-0.2, 0) is 13.1 Å². The number of aryl methyl sites for hydroxylation is 1. The lowest BCUT2D eigenvalue weighted by atomic mass is 10.0. The fourth-order valence-corrected chi connectivity index (χ4v) is 4.03. The zero-order valence-corrected chi connectivity index (χ0v) is 17.2. The molecule has 1 saturated heterocycles. The Morgan fingerprint density at radius 2 is 1.61 bits per heavy atom. The van der Waals surface area contributed by atoms with Gasteiger partial charge in [0.15, 0.2) is 5.11 Å². The SMILES string of the molecule is Cc1ccc(CNC(=S)N2CCN(Cc3cccc4ccccc34)CC2)cc1. The summed E-state index contributed by atoms with van der Waals surface area (Å²) in [5.74, 6) is 0. The van der Waals surface area contributed by atoms with E-state index in [1.54, 1.807) is 0 Å². The Morgan fingerprint density at radius 3 is 2.39 bits per heavy atom. The summed E-state index contributed by atoms with van der Waals surface area (Å²) < 4.78 is 0. The van der Waals surface area contributed by atoms with Gasteiger partial charge in [-0.05, 0) is 41.0 Å². The van der Waals surface area contributed by atoms with Crippen LogP contribution in [-0.4, -0.2) is 41.1 Å². The molecule has 1 N–H and O–H groups in total. The van der Waals surface area contributed by atoms with Gasteiger partial charge >= 0.3 is 0 Å². The molecule has 0 radical (unpaired) electrons. The van der Waals surface area contributed by atoms with Crippen LogP contribution in [0.5, 0.6) is 0 Å². The van der Waals surface area contributed by atoms with Crippen LogP contribution in [0, 0.1) is 6.92 Å². The van der Waals surface area contributed by atoms with Gasteiger partial charge in [-0.15, -0.1) is 0 Å². The molecule has 0 aromatic heterocycles. The number of nitrogens with zero attached hydrogens (tertiary/aromatic N) is 2. The van der Waals surface area contributed by atoms with Gasteiger partial charge in [0, 0.05) is 39.3 Å². The van der Waals surface area contributed by atoms with Crippen molar-refractivity contribution in [3.05, 3.63) is 83.4 Å². The van der Waals surface area contributed by atoms with Crippen molar-refractivity contribution in [2.45, 2.75) is 20.0 Å². The zero-order valence-electron chi connectivity index (χ0n) is 16.4. The first kappa shape index (κ1) is 18.9. The van der Waals surface area contributed by atoms with Crippen LogP contribution >= 0.6 is 12.2 Å². The number of hydrogen-bond acceptors (Lipinski definition) is 2. The van der Waals surface area contributed by atoms with Crippen molar-refractivity contribution in [3.63, 3.8) is 0 Å². The van der Waals surface area contributed by atoms with Gasteiger partial charge < -0.3 is 10.2 Å². The second-order valence-electron chi connectivity index (χ2n) is 7.55. The molecule has 3 aromatic carbocycles. The zero-order chi connectivity index (χ0) is 19.3. The topological polar surface area (TPSA) is 18.5 Å². The molecule has 4 rings (SSSR count). The fourth-order valence-electron chi connectivity index (χ4n) is 3.78. The highest BCUT2D eigenvalue weighted by Gasteiger charge is 2.19. The summed E-state index contributed by atoms with van der Waals surface area (Å²) >= 11 is 5.63. The summed E-state index contributed by atoms with van der Waals surface area (Å²) in [6.07, 6.45) is 0. The van der Waals surface area contributed by atoms with Gasteiger partial charge in [0.1, 0.15) is 0 Å². The Kier molecular flexibility index (Phi) is 5.89. The van der Waals surface area contributed by atoms with Crippen LogP contribution in [0.25, 0.3) is 10.8 Å². The average Bonchev–Trinajstić information content (AvgIpc) is 2.74. The molecule has 28 heavy (non-hydrogen) atoms. The highest BCUT2D eigenvalue weighted by Crippen LogP contribution is 2.20. The lowest BCUT2D eigenvalue weighted by Crippen LogP contribution is -2.51. The van der Waals surface area contributed by atoms with Gasteiger partial charge in [0.25, 0.3) is 0 Å². The molecular formula is C24H27N3S. The minimum atomic E-state index is 0.787. The molecule has 1 aliphatic rings. The van der Waals surface area contributed by atoms with Gasteiger partial charge in [-0.1, -0.05) is 72.3 Å². The summed E-state index contributed by atoms with van der Waals surface area (Å²) in [6, 6.07) is 23.9. The molecule has 1 heterocycles. The molecule has 0 saturated carbocycles. The molecule has 0 bridgehead atoms. The van der Waals surface area contributed by atoms with Crippen molar-refractivity contribution in [2.24, 2.45) is 0 Å². The number of rotatable bonds is 4. The molecule has 0 atom stereocenters. The molecule has 144 valence electrons. The van der Waals surface area contributed by atoms with Crippen molar-refractivity contribution in [3.8, 4) is 0 Å². The van der Waals surface area contributed by atoms with Crippen molar-refractivity contribution in [1.82, 2.24) is 15.1 Å². The van der Waals surface area contributed by atoms with E-state index in [1.807, 2.05) is 0 Å². The third-order valence-electron chi connectivity index (χ3n) is 5.50. The minimum absolute atomic E-state index is 0.787. The van der Waals surface area contributed by atoms with Crippen LogP contribution in [0.1, 0.15) is 16.7 Å². The molecule has 1 fully saturated rings. The van der Waals surface area contributed by atoms with E-state index in [2.05, 4.69) is 88.8 Å². The quantitative estimate of drug-likeness (QED) is 0.669. The number of benzene rings is 3. The minimum Gasteiger partial charge on any atom is -0.358 e. The van der Waals surface area contributed by atoms with E-state index in [9.17, 15) is 0 Å². The maximum Gasteiger partial charge on any atom is 0.169 e. The summed E-state index contributed by atoms with van der Waals surface area (Å²) in [6.45, 7) is 7.92. The lowest BCUT2D eigenvalue weighted by Gasteiger charge is -2.36. The van der Waals surface area contributed by atoms with Gasteiger partial charge in [0.2, 0.25) is 0 Å². The Morgan fingerprint density at radius 1 is 0.893 bits per heavy atom. The molecule has 0 spiro atoms. The van der Waals surface area contributed by atoms with Crippen molar-refractivity contribution >= 4 is 28.1 Å². The number of hydrogen-bond donors (Lipinski definition) is 1. The Balaban J connectivity index is 1.29. The van der Waals surface area contributed by atoms with Crippen LogP contribution in [0.3, 0.4) is 0 Å². The summed E-state index contributed by atoms with van der Waals surface area (Å²) in [5, 5.41) is 6.96. The Bertz CT molecular complexity index is 938. The third-order valence-corrected chi connectivity index (χ3v) is 5.90. The van der Waals surface area contributed by atoms with Crippen LogP contribution in [0.2, 0.25) is 0 Å². The summed E-state index contributed by atoms with van der Waals surface area (Å²) in [4.78, 5) is 4.82. The first-order valence-corrected chi connectivity index (χ1v) is 10.4. The number of thiocarbonyl (C=S) groups is 1. The van der Waals surface area contributed by atoms with Crippen molar-refractivity contribution in [2.75, 3.05) is 26.2 Å². The van der Waals surface area contributed by atoms with E-state index in [0.29, 0.717) is 0 Å². The number of fused-ring (bicyclic) bond motifs is 1. The van der Waals surface area contributed by atoms with E-state index in [0.717, 1.165) is 44.4 Å². The van der Waals surface area contributed by atoms with E-state index in [1.165, 1.54) is 27.5 Å². The third kappa shape index (κ3) is 4.51. The first-order valence-electron chi connectivity index (χ1n) is 9.96. The van der Waals surface area contributed by atoms with Crippen molar-refractivity contribution in [1.29, 1.82) is 0 Å². The molecule has 0 amide bonds. The number of nitrogens with one attached hydrogen (secondary N) is 1. The molecule has 1 aliphatic heterocycles. The Hall–Kier alpha value is -2.43. The van der Waals surface area contributed by atoms with Crippen LogP contribution < -0.4 is 5.32 Å². The smallest absolute Gasteiger partial charge is 0.169 e. The second kappa shape index (κ2) is 8.72. The predicted molar refractivity (Wildman–Crippen MR) is 121 cm³/mol. The van der Waals surface area contributed by atoms with Gasteiger partial charge in [-0.2, -0.15) is 0 Å². The lowest BCUT2D eigenvalue weighted by molar-refractivity contribution is 0.175. The monoisotopic (exact) mass is 389 g/mol. The first-order chi connectivity index (χ1) is 13.7. The average molecular weight is 390 g/mol. The van der Waals surface area contributed by atoms with Crippen LogP contribution in [0.15, 0.2) is 66.7 Å². The summed E-state index contributed by atoms with van der Waals surface area (Å²) in [5.41, 5.74) is 3.96. The molecule has 3 aromatic rings. The van der Waals surface area contributed by atoms with Gasteiger partial charge in [-0.25, -0.2) is 0 Å². The fraction of sp³-hybridized carbons (Fsp3) is 0.292. The highest BCUT2D eigenvalue weighted by molar-refractivity contribution is 7.80. The van der Waals surface area contributed by atoms with Crippen molar-refractivity contribution < 1.29 is 0 Å². The summed E-state index contributed by atoms with van der Waals surface area (Å²) in [7, 11) is 0. The molecule has 0 aliphatic carbocycles. The normalized spacial score (nSPS) is 15.0. The number of piperazine rings is 1. The van der Waals surface area contributed by atoms with E-state index in [-0.39, 0.29) is 0 Å². The van der Waals surface area contributed by atoms with E-state index < -0.39 is 0 Å². The molecule has 0 unspecified atom stereocenters. The standard InChI is InChI=1S/C24H27N3S/c1-19-9-11-20(12-10-19)17-25-24(28)27-15-13-26(14-16-27)18-22-7-4-6-21-5-2-3-8-23(21)22/h2-12H,13-18H2,1H3,(H,25,28). The largest absolute Gasteiger partial charge is 0.358 e. The van der Waals surface area contributed by atoms with Gasteiger partial charge in [0.05, 0.1) is 0 Å². The highest BCUT2D eigenvalue weighted by atomic mass is 32.1. The maximum atomic E-state index is 5.63. The molecule has 4 heteroatoms. The van der Waals surface area contributed by atoms with E-state index >= 15 is 0 Å². The predicted octanol–water partition coefficient (Wildman–Crippen LogP) is 4.34. The van der Waals surface area contributed by atoms with Crippen LogP contribution in [0.4, 0.5) is 0 Å². The van der Waals surface area contributed by atoms with E-state index in [4.69, 9.17) is 12.2 Å². The maximum absolute atomic E-state index is 5.63. The van der Waals surface area contributed by atoms with Gasteiger partial charge in [-0.3, -0.25) is 4.90 Å².